The first kappa shape index (κ1) is 15.3. The molecule has 2 aromatic heterocycles. The number of nitrogens with zero attached hydrogens (tertiary/aromatic N) is 4. The highest BCUT2D eigenvalue weighted by Gasteiger charge is 2.16. The van der Waals surface area contributed by atoms with Crippen LogP contribution in [0.1, 0.15) is 10.7 Å². The van der Waals surface area contributed by atoms with E-state index in [1.165, 1.54) is 5.69 Å². The van der Waals surface area contributed by atoms with E-state index >= 15 is 0 Å². The molecule has 6 nitrogen and oxygen atoms in total. The predicted octanol–water partition coefficient (Wildman–Crippen LogP) is 3.31. The molecule has 4 rings (SSSR count). The Hall–Kier alpha value is -2.25. The van der Waals surface area contributed by atoms with Crippen LogP contribution in [0.25, 0.3) is 22.2 Å². The SMILES string of the molecule is Cc1nc(C)c(-c2nc(-c3ccc(N4CCOCC4)cc3)no2)s1. The van der Waals surface area contributed by atoms with E-state index in [4.69, 9.17) is 9.26 Å². The van der Waals surface area contributed by atoms with Gasteiger partial charge in [-0.2, -0.15) is 4.98 Å². The number of rotatable bonds is 3. The van der Waals surface area contributed by atoms with E-state index in [1.54, 1.807) is 11.3 Å². The lowest BCUT2D eigenvalue weighted by Crippen LogP contribution is -2.36. The third-order valence-corrected chi connectivity index (χ3v) is 5.09. The van der Waals surface area contributed by atoms with Gasteiger partial charge in [-0.05, 0) is 38.1 Å². The van der Waals surface area contributed by atoms with Crippen LogP contribution in [0.15, 0.2) is 28.8 Å². The second-order valence-electron chi connectivity index (χ2n) is 5.72. The summed E-state index contributed by atoms with van der Waals surface area (Å²) in [7, 11) is 0. The highest BCUT2D eigenvalue weighted by molar-refractivity contribution is 7.15. The molecule has 1 aromatic carbocycles. The van der Waals surface area contributed by atoms with E-state index < -0.39 is 0 Å². The van der Waals surface area contributed by atoms with Gasteiger partial charge < -0.3 is 14.2 Å². The van der Waals surface area contributed by atoms with Crippen molar-refractivity contribution in [2.75, 3.05) is 31.2 Å². The molecule has 0 radical (unpaired) electrons. The van der Waals surface area contributed by atoms with Gasteiger partial charge in [-0.15, -0.1) is 11.3 Å². The average molecular weight is 342 g/mol. The molecule has 3 aromatic rings. The lowest BCUT2D eigenvalue weighted by atomic mass is 10.2. The summed E-state index contributed by atoms with van der Waals surface area (Å²) in [5, 5.41) is 5.11. The summed E-state index contributed by atoms with van der Waals surface area (Å²) < 4.78 is 10.8. The van der Waals surface area contributed by atoms with Crippen molar-refractivity contribution in [3.05, 3.63) is 35.0 Å². The number of benzene rings is 1. The van der Waals surface area contributed by atoms with Crippen molar-refractivity contribution in [1.29, 1.82) is 0 Å². The Balaban J connectivity index is 1.57. The molecule has 124 valence electrons. The van der Waals surface area contributed by atoms with E-state index in [-0.39, 0.29) is 0 Å². The molecule has 1 fully saturated rings. The molecule has 3 heterocycles. The van der Waals surface area contributed by atoms with Gasteiger partial charge in [-0.3, -0.25) is 0 Å². The summed E-state index contributed by atoms with van der Waals surface area (Å²) in [5.74, 6) is 1.13. The second kappa shape index (κ2) is 6.33. The molecule has 1 saturated heterocycles. The quantitative estimate of drug-likeness (QED) is 0.727. The molecule has 24 heavy (non-hydrogen) atoms. The molecule has 1 aliphatic rings. The van der Waals surface area contributed by atoms with Gasteiger partial charge >= 0.3 is 0 Å². The van der Waals surface area contributed by atoms with Crippen LogP contribution in [0.3, 0.4) is 0 Å². The van der Waals surface area contributed by atoms with Gasteiger partial charge in [0.2, 0.25) is 5.82 Å². The van der Waals surface area contributed by atoms with Crippen molar-refractivity contribution in [3.63, 3.8) is 0 Å². The molecule has 0 atom stereocenters. The van der Waals surface area contributed by atoms with Crippen molar-refractivity contribution in [2.24, 2.45) is 0 Å². The minimum atomic E-state index is 0.533. The zero-order valence-corrected chi connectivity index (χ0v) is 14.5. The fraction of sp³-hybridized carbons (Fsp3) is 0.353. The highest BCUT2D eigenvalue weighted by atomic mass is 32.1. The number of aryl methyl sites for hydroxylation is 2. The van der Waals surface area contributed by atoms with E-state index in [0.717, 1.165) is 47.4 Å². The molecular formula is C17H18N4O2S. The summed E-state index contributed by atoms with van der Waals surface area (Å²) in [6.45, 7) is 7.35. The summed E-state index contributed by atoms with van der Waals surface area (Å²) in [6.07, 6.45) is 0. The van der Waals surface area contributed by atoms with Crippen molar-refractivity contribution in [2.45, 2.75) is 13.8 Å². The topological polar surface area (TPSA) is 64.3 Å². The number of hydrogen-bond donors (Lipinski definition) is 0. The Morgan fingerprint density at radius 2 is 1.79 bits per heavy atom. The summed E-state index contributed by atoms with van der Waals surface area (Å²) in [5.41, 5.74) is 3.07. The molecule has 0 unspecified atom stereocenters. The molecule has 7 heteroatoms. The summed E-state index contributed by atoms with van der Waals surface area (Å²) in [4.78, 5) is 12.2. The minimum absolute atomic E-state index is 0.533. The minimum Gasteiger partial charge on any atom is -0.378 e. The number of thiazole rings is 1. The molecule has 0 spiro atoms. The first-order valence-electron chi connectivity index (χ1n) is 7.92. The number of ether oxygens (including phenoxy) is 1. The fourth-order valence-electron chi connectivity index (χ4n) is 2.81. The third kappa shape index (κ3) is 2.92. The van der Waals surface area contributed by atoms with Crippen molar-refractivity contribution in [3.8, 4) is 22.2 Å². The largest absolute Gasteiger partial charge is 0.378 e. The van der Waals surface area contributed by atoms with Gasteiger partial charge in [0.1, 0.15) is 4.88 Å². The first-order valence-corrected chi connectivity index (χ1v) is 8.73. The lowest BCUT2D eigenvalue weighted by Gasteiger charge is -2.28. The van der Waals surface area contributed by atoms with Crippen LogP contribution in [0.4, 0.5) is 5.69 Å². The molecule has 0 N–H and O–H groups in total. The zero-order valence-electron chi connectivity index (χ0n) is 13.7. The van der Waals surface area contributed by atoms with Crippen molar-refractivity contribution < 1.29 is 9.26 Å². The van der Waals surface area contributed by atoms with Crippen molar-refractivity contribution in [1.82, 2.24) is 15.1 Å². The smallest absolute Gasteiger partial charge is 0.270 e. The van der Waals surface area contributed by atoms with E-state index in [9.17, 15) is 0 Å². The molecule has 0 bridgehead atoms. The maximum atomic E-state index is 5.43. The van der Waals surface area contributed by atoms with E-state index in [0.29, 0.717) is 11.7 Å². The van der Waals surface area contributed by atoms with Crippen molar-refractivity contribution >= 4 is 17.0 Å². The molecule has 0 saturated carbocycles. The van der Waals surface area contributed by atoms with Crippen LogP contribution in [0, 0.1) is 13.8 Å². The lowest BCUT2D eigenvalue weighted by molar-refractivity contribution is 0.122. The van der Waals surface area contributed by atoms with Gasteiger partial charge in [0.15, 0.2) is 0 Å². The Morgan fingerprint density at radius 3 is 2.46 bits per heavy atom. The maximum Gasteiger partial charge on any atom is 0.270 e. The number of aromatic nitrogens is 3. The van der Waals surface area contributed by atoms with E-state index in [2.05, 4.69) is 32.2 Å². The standard InChI is InChI=1S/C17H18N4O2S/c1-11-15(24-12(2)18-11)17-19-16(20-23-17)13-3-5-14(6-4-13)21-7-9-22-10-8-21/h3-6H,7-10H2,1-2H3. The van der Waals surface area contributed by atoms with Crippen LogP contribution in [-0.2, 0) is 4.74 Å². The average Bonchev–Trinajstić information content (AvgIpc) is 3.22. The van der Waals surface area contributed by atoms with Gasteiger partial charge in [0, 0.05) is 24.3 Å². The van der Waals surface area contributed by atoms with E-state index in [1.807, 2.05) is 26.0 Å². The Labute approximate surface area is 144 Å². The van der Waals surface area contributed by atoms with Gasteiger partial charge in [-0.1, -0.05) is 5.16 Å². The molecule has 0 amide bonds. The van der Waals surface area contributed by atoms with Crippen LogP contribution in [-0.4, -0.2) is 41.4 Å². The molecule has 0 aliphatic carbocycles. The second-order valence-corrected chi connectivity index (χ2v) is 6.92. The van der Waals surface area contributed by atoms with Gasteiger partial charge in [-0.25, -0.2) is 4.98 Å². The summed E-state index contributed by atoms with van der Waals surface area (Å²) in [6, 6.07) is 8.26. The monoisotopic (exact) mass is 342 g/mol. The Kier molecular flexibility index (Phi) is 4.03. The third-order valence-electron chi connectivity index (χ3n) is 4.03. The molecule has 1 aliphatic heterocycles. The van der Waals surface area contributed by atoms with Gasteiger partial charge in [0.25, 0.3) is 5.89 Å². The highest BCUT2D eigenvalue weighted by Crippen LogP contribution is 2.30. The van der Waals surface area contributed by atoms with Crippen LogP contribution >= 0.6 is 11.3 Å². The number of hydrogen-bond acceptors (Lipinski definition) is 7. The Morgan fingerprint density at radius 1 is 1.04 bits per heavy atom. The molecular weight excluding hydrogens is 324 g/mol. The first-order chi connectivity index (χ1) is 11.7. The van der Waals surface area contributed by atoms with Crippen LogP contribution in [0.2, 0.25) is 0 Å². The Bertz CT molecular complexity index is 835. The van der Waals surface area contributed by atoms with Crippen LogP contribution in [0.5, 0.6) is 0 Å². The number of morpholine rings is 1. The zero-order chi connectivity index (χ0) is 16.5. The number of anilines is 1. The fourth-order valence-corrected chi connectivity index (χ4v) is 3.65. The summed E-state index contributed by atoms with van der Waals surface area (Å²) >= 11 is 1.57. The maximum absolute atomic E-state index is 5.43. The van der Waals surface area contributed by atoms with Crippen LogP contribution < -0.4 is 4.90 Å². The predicted molar refractivity (Wildman–Crippen MR) is 93.3 cm³/mol. The normalized spacial score (nSPS) is 15.0. The van der Waals surface area contributed by atoms with Gasteiger partial charge in [0.05, 0.1) is 23.9 Å².